The number of rotatable bonds is 2. The van der Waals surface area contributed by atoms with E-state index in [9.17, 15) is 13.2 Å². The standard InChI is InChI=1S/C15H12F3NS/c16-15(17,18)11-6-2-3-7-12(11)19-13-9-20-14-8-4-1-5-10(13)14/h1-8,13,19H,9H2. The molecule has 0 aromatic heterocycles. The summed E-state index contributed by atoms with van der Waals surface area (Å²) >= 11 is 1.66. The van der Waals surface area contributed by atoms with E-state index in [1.165, 1.54) is 12.1 Å². The van der Waals surface area contributed by atoms with Crippen LogP contribution < -0.4 is 5.32 Å². The van der Waals surface area contributed by atoms with Crippen LogP contribution in [0.5, 0.6) is 0 Å². The minimum absolute atomic E-state index is 0.0836. The molecule has 104 valence electrons. The lowest BCUT2D eigenvalue weighted by molar-refractivity contribution is -0.137. The number of hydrogen-bond donors (Lipinski definition) is 1. The molecule has 1 unspecified atom stereocenters. The molecule has 5 heteroatoms. The van der Waals surface area contributed by atoms with Crippen molar-refractivity contribution in [3.05, 3.63) is 59.7 Å². The van der Waals surface area contributed by atoms with Gasteiger partial charge in [-0.05, 0) is 23.8 Å². The predicted molar refractivity (Wildman–Crippen MR) is 75.0 cm³/mol. The maximum absolute atomic E-state index is 13.0. The molecule has 2 aromatic carbocycles. The molecule has 1 nitrogen and oxygen atoms in total. The second-order valence-corrected chi connectivity index (χ2v) is 5.65. The lowest BCUT2D eigenvalue weighted by Gasteiger charge is -2.19. The zero-order valence-electron chi connectivity index (χ0n) is 10.4. The van der Waals surface area contributed by atoms with Crippen molar-refractivity contribution >= 4 is 17.4 Å². The molecule has 0 spiro atoms. The highest BCUT2D eigenvalue weighted by atomic mass is 32.2. The predicted octanol–water partition coefficient (Wildman–Crippen LogP) is 4.96. The van der Waals surface area contributed by atoms with Crippen molar-refractivity contribution in [2.24, 2.45) is 0 Å². The summed E-state index contributed by atoms with van der Waals surface area (Å²) in [6, 6.07) is 13.3. The summed E-state index contributed by atoms with van der Waals surface area (Å²) in [6.45, 7) is 0. The number of anilines is 1. The van der Waals surface area contributed by atoms with Gasteiger partial charge in [0.2, 0.25) is 0 Å². The SMILES string of the molecule is FC(F)(F)c1ccccc1NC1CSc2ccccc21. The van der Waals surface area contributed by atoms with Gasteiger partial charge >= 0.3 is 6.18 Å². The Hall–Kier alpha value is -1.62. The van der Waals surface area contributed by atoms with Gasteiger partial charge < -0.3 is 5.32 Å². The number of benzene rings is 2. The molecule has 1 aliphatic rings. The van der Waals surface area contributed by atoms with Crippen LogP contribution in [0.2, 0.25) is 0 Å². The minimum atomic E-state index is -4.34. The molecule has 0 fully saturated rings. The largest absolute Gasteiger partial charge is 0.418 e. The van der Waals surface area contributed by atoms with Crippen molar-refractivity contribution in [3.63, 3.8) is 0 Å². The number of fused-ring (bicyclic) bond motifs is 1. The zero-order chi connectivity index (χ0) is 14.2. The first-order chi connectivity index (χ1) is 9.55. The second kappa shape index (κ2) is 5.05. The van der Waals surface area contributed by atoms with E-state index in [0.29, 0.717) is 0 Å². The first kappa shape index (κ1) is 13.4. The van der Waals surface area contributed by atoms with Gasteiger partial charge in [-0.15, -0.1) is 11.8 Å². The Morgan fingerprint density at radius 3 is 2.50 bits per heavy atom. The van der Waals surface area contributed by atoms with E-state index in [0.717, 1.165) is 22.3 Å². The Labute approximate surface area is 119 Å². The smallest absolute Gasteiger partial charge is 0.377 e. The van der Waals surface area contributed by atoms with Crippen LogP contribution in [0.1, 0.15) is 17.2 Å². The van der Waals surface area contributed by atoms with Gasteiger partial charge in [0, 0.05) is 16.3 Å². The highest BCUT2D eigenvalue weighted by Gasteiger charge is 2.34. The number of para-hydroxylation sites is 1. The van der Waals surface area contributed by atoms with Crippen molar-refractivity contribution in [2.45, 2.75) is 17.1 Å². The summed E-state index contributed by atoms with van der Waals surface area (Å²) in [5.74, 6) is 0.742. The molecule has 1 N–H and O–H groups in total. The van der Waals surface area contributed by atoms with Crippen LogP contribution in [0.15, 0.2) is 53.4 Å². The van der Waals surface area contributed by atoms with Crippen LogP contribution in [0.4, 0.5) is 18.9 Å². The van der Waals surface area contributed by atoms with Crippen molar-refractivity contribution in [3.8, 4) is 0 Å². The molecular formula is C15H12F3NS. The van der Waals surface area contributed by atoms with E-state index >= 15 is 0 Å². The average molecular weight is 295 g/mol. The van der Waals surface area contributed by atoms with E-state index < -0.39 is 11.7 Å². The molecular weight excluding hydrogens is 283 g/mol. The van der Waals surface area contributed by atoms with Crippen molar-refractivity contribution in [1.82, 2.24) is 0 Å². The maximum Gasteiger partial charge on any atom is 0.418 e. The fourth-order valence-corrected chi connectivity index (χ4v) is 3.49. The van der Waals surface area contributed by atoms with Crippen molar-refractivity contribution in [1.29, 1.82) is 0 Å². The quantitative estimate of drug-likeness (QED) is 0.840. The van der Waals surface area contributed by atoms with Gasteiger partial charge in [-0.3, -0.25) is 0 Å². The van der Waals surface area contributed by atoms with E-state index in [2.05, 4.69) is 5.32 Å². The third-order valence-electron chi connectivity index (χ3n) is 3.26. The number of halogens is 3. The monoisotopic (exact) mass is 295 g/mol. The molecule has 0 saturated heterocycles. The molecule has 20 heavy (non-hydrogen) atoms. The van der Waals surface area contributed by atoms with Gasteiger partial charge in [-0.2, -0.15) is 13.2 Å². The highest BCUT2D eigenvalue weighted by molar-refractivity contribution is 7.99. The Morgan fingerprint density at radius 2 is 1.70 bits per heavy atom. The van der Waals surface area contributed by atoms with E-state index in [-0.39, 0.29) is 11.7 Å². The van der Waals surface area contributed by atoms with Gasteiger partial charge in [-0.25, -0.2) is 0 Å². The number of hydrogen-bond acceptors (Lipinski definition) is 2. The fraction of sp³-hybridized carbons (Fsp3) is 0.200. The molecule has 0 radical (unpaired) electrons. The molecule has 0 saturated carbocycles. The summed E-state index contributed by atoms with van der Waals surface area (Å²) in [6.07, 6.45) is -4.34. The van der Waals surface area contributed by atoms with Crippen LogP contribution in [-0.2, 0) is 6.18 Å². The zero-order valence-corrected chi connectivity index (χ0v) is 11.3. The topological polar surface area (TPSA) is 12.0 Å². The van der Waals surface area contributed by atoms with Crippen LogP contribution in [0.25, 0.3) is 0 Å². The number of thioether (sulfide) groups is 1. The van der Waals surface area contributed by atoms with Crippen LogP contribution in [-0.4, -0.2) is 5.75 Å². The Bertz CT molecular complexity index is 625. The summed E-state index contributed by atoms with van der Waals surface area (Å²) in [5.41, 5.74) is 0.589. The first-order valence-electron chi connectivity index (χ1n) is 6.20. The van der Waals surface area contributed by atoms with Gasteiger partial charge in [0.25, 0.3) is 0 Å². The summed E-state index contributed by atoms with van der Waals surface area (Å²) in [7, 11) is 0. The molecule has 0 bridgehead atoms. The third-order valence-corrected chi connectivity index (χ3v) is 4.44. The molecule has 2 aromatic rings. The Balaban J connectivity index is 1.90. The van der Waals surface area contributed by atoms with E-state index in [1.54, 1.807) is 17.8 Å². The van der Waals surface area contributed by atoms with E-state index in [1.807, 2.05) is 24.3 Å². The molecule has 1 aliphatic heterocycles. The van der Waals surface area contributed by atoms with Crippen LogP contribution in [0.3, 0.4) is 0 Å². The van der Waals surface area contributed by atoms with Gasteiger partial charge in [-0.1, -0.05) is 30.3 Å². The van der Waals surface area contributed by atoms with Gasteiger partial charge in [0.05, 0.1) is 11.6 Å². The van der Waals surface area contributed by atoms with E-state index in [4.69, 9.17) is 0 Å². The summed E-state index contributed by atoms with van der Waals surface area (Å²) < 4.78 is 38.9. The third kappa shape index (κ3) is 2.50. The molecule has 1 atom stereocenters. The normalized spacial score (nSPS) is 17.9. The van der Waals surface area contributed by atoms with Crippen LogP contribution in [0, 0.1) is 0 Å². The Kier molecular flexibility index (Phi) is 3.38. The van der Waals surface area contributed by atoms with Crippen molar-refractivity contribution < 1.29 is 13.2 Å². The molecule has 1 heterocycles. The summed E-state index contributed by atoms with van der Waals surface area (Å²) in [4.78, 5) is 1.13. The molecule has 0 aliphatic carbocycles. The highest BCUT2D eigenvalue weighted by Crippen LogP contribution is 2.42. The lowest BCUT2D eigenvalue weighted by Crippen LogP contribution is -2.15. The summed E-state index contributed by atoms with van der Waals surface area (Å²) in [5, 5.41) is 3.03. The molecule has 0 amide bonds. The second-order valence-electron chi connectivity index (χ2n) is 4.59. The fourth-order valence-electron chi connectivity index (χ4n) is 2.33. The van der Waals surface area contributed by atoms with Crippen LogP contribution >= 0.6 is 11.8 Å². The maximum atomic E-state index is 13.0. The minimum Gasteiger partial charge on any atom is -0.377 e. The lowest BCUT2D eigenvalue weighted by atomic mass is 10.1. The Morgan fingerprint density at radius 1 is 1.00 bits per heavy atom. The molecule has 3 rings (SSSR count). The van der Waals surface area contributed by atoms with Gasteiger partial charge in [0.1, 0.15) is 0 Å². The number of nitrogens with one attached hydrogen (secondary N) is 1. The van der Waals surface area contributed by atoms with Crippen molar-refractivity contribution in [2.75, 3.05) is 11.1 Å². The first-order valence-corrected chi connectivity index (χ1v) is 7.19. The average Bonchev–Trinajstić information content (AvgIpc) is 2.82. The van der Waals surface area contributed by atoms with Gasteiger partial charge in [0.15, 0.2) is 0 Å². The number of alkyl halides is 3.